The van der Waals surface area contributed by atoms with Gasteiger partial charge in [0.25, 0.3) is 0 Å². The van der Waals surface area contributed by atoms with E-state index in [9.17, 15) is 0 Å². The minimum Gasteiger partial charge on any atom is -0.354 e. The van der Waals surface area contributed by atoms with Crippen molar-refractivity contribution in [3.63, 3.8) is 0 Å². The molecule has 0 unspecified atom stereocenters. The summed E-state index contributed by atoms with van der Waals surface area (Å²) in [6.45, 7) is 0. The molecule has 22 rings (SSSR count). The average Bonchev–Trinajstić information content (AvgIpc) is 1.54. The van der Waals surface area contributed by atoms with E-state index in [0.29, 0.717) is 5.95 Å². The van der Waals surface area contributed by atoms with Gasteiger partial charge < -0.3 is 4.98 Å². The third-order valence-corrected chi connectivity index (χ3v) is 23.5. The first-order valence-electron chi connectivity index (χ1n) is 31.5. The Morgan fingerprint density at radius 2 is 0.726 bits per heavy atom. The van der Waals surface area contributed by atoms with Crippen molar-refractivity contribution in [1.82, 2.24) is 29.5 Å². The van der Waals surface area contributed by atoms with E-state index in [2.05, 4.69) is 280 Å². The van der Waals surface area contributed by atoms with Gasteiger partial charge in [-0.3, -0.25) is 4.57 Å². The SMILES string of the molecule is Clc1nc(-c2ccc3ccccc3c2)c2c(n1)sc1ccccc12.c1ccc2c(c1)[nH]c1c2c2ccccc2c2sc3ccccc3c12.c1ccc2cc(-c3nc(-n4c5ccccc5c5c6ccccc6c6sc7ccccc7c6c54)nc4sc5ccccc5c34)ccc2c1. The van der Waals surface area contributed by atoms with Gasteiger partial charge in [-0.2, -0.15) is 0 Å². The van der Waals surface area contributed by atoms with Crippen molar-refractivity contribution < 1.29 is 0 Å². The average molecular weight is 1300 g/mol. The summed E-state index contributed by atoms with van der Waals surface area (Å²) in [6, 6.07) is 99.5. The predicted molar refractivity (Wildman–Crippen MR) is 412 cm³/mol. The summed E-state index contributed by atoms with van der Waals surface area (Å²) in [5.74, 6) is 0.699. The minimum absolute atomic E-state index is 0.289. The second kappa shape index (κ2) is 21.6. The number of nitrogens with zero attached hydrogens (tertiary/aromatic N) is 5. The van der Waals surface area contributed by atoms with E-state index < -0.39 is 0 Å². The molecule has 1 N–H and O–H groups in total. The monoisotopic (exact) mass is 1300 g/mol. The number of nitrogens with one attached hydrogen (secondary N) is 1. The van der Waals surface area contributed by atoms with Crippen LogP contribution in [0.4, 0.5) is 0 Å². The largest absolute Gasteiger partial charge is 0.354 e. The Labute approximate surface area is 562 Å². The van der Waals surface area contributed by atoms with Gasteiger partial charge in [0, 0.05) is 120 Å². The maximum Gasteiger partial charge on any atom is 0.236 e. The molecule has 6 nitrogen and oxygen atoms in total. The van der Waals surface area contributed by atoms with Gasteiger partial charge in [0.2, 0.25) is 11.2 Å². The molecule has 0 atom stereocenters. The second-order valence-electron chi connectivity index (χ2n) is 24.1. The van der Waals surface area contributed by atoms with Crippen molar-refractivity contribution in [2.45, 2.75) is 0 Å². The van der Waals surface area contributed by atoms with Crippen LogP contribution in [0.3, 0.4) is 0 Å². The lowest BCUT2D eigenvalue weighted by atomic mass is 10.00. The third-order valence-electron chi connectivity index (χ3n) is 18.8. The predicted octanol–water partition coefficient (Wildman–Crippen LogP) is 25.4. The number of H-pyrrole nitrogens is 1. The maximum absolute atomic E-state index is 6.20. The molecule has 0 spiro atoms. The fraction of sp³-hybridized carbons (Fsp3) is 0. The summed E-state index contributed by atoms with van der Waals surface area (Å²) in [4.78, 5) is 25.6. The van der Waals surface area contributed by atoms with Gasteiger partial charge in [-0.15, -0.1) is 45.3 Å². The van der Waals surface area contributed by atoms with Gasteiger partial charge in [0.05, 0.1) is 27.9 Å². The van der Waals surface area contributed by atoms with Crippen LogP contribution in [0.25, 0.3) is 196 Å². The first-order valence-corrected chi connectivity index (χ1v) is 35.2. The number of hydrogen-bond acceptors (Lipinski definition) is 8. The molecule has 0 fully saturated rings. The highest BCUT2D eigenvalue weighted by molar-refractivity contribution is 7.27. The number of hydrogen-bond donors (Lipinski definition) is 1. The van der Waals surface area contributed by atoms with Gasteiger partial charge in [0.1, 0.15) is 9.66 Å². The molecule has 0 saturated heterocycles. The van der Waals surface area contributed by atoms with E-state index >= 15 is 0 Å². The van der Waals surface area contributed by atoms with Crippen LogP contribution in [-0.4, -0.2) is 29.5 Å². The quantitative estimate of drug-likeness (QED) is 0.179. The Kier molecular flexibility index (Phi) is 12.4. The van der Waals surface area contributed by atoms with Gasteiger partial charge in [-0.05, 0) is 92.4 Å². The summed E-state index contributed by atoms with van der Waals surface area (Å²) in [5.41, 5.74) is 8.77. The molecule has 0 saturated carbocycles. The fourth-order valence-corrected chi connectivity index (χ4v) is 19.6. The molecule has 8 heterocycles. The zero-order chi connectivity index (χ0) is 62.4. The number of fused-ring (bicyclic) bond motifs is 28. The van der Waals surface area contributed by atoms with Crippen molar-refractivity contribution in [2.75, 3.05) is 0 Å². The van der Waals surface area contributed by atoms with Gasteiger partial charge in [0.15, 0.2) is 0 Å². The molecule has 95 heavy (non-hydrogen) atoms. The Morgan fingerprint density at radius 1 is 0.305 bits per heavy atom. The normalized spacial score (nSPS) is 12.1. The van der Waals surface area contributed by atoms with E-state index in [0.717, 1.165) is 48.5 Å². The summed E-state index contributed by atoms with van der Waals surface area (Å²) < 4.78 is 10.1. The molecule has 0 aliphatic carbocycles. The highest BCUT2D eigenvalue weighted by Crippen LogP contribution is 2.50. The van der Waals surface area contributed by atoms with Gasteiger partial charge in [-0.25, -0.2) is 19.9 Å². The summed E-state index contributed by atoms with van der Waals surface area (Å²) in [7, 11) is 0. The summed E-state index contributed by atoms with van der Waals surface area (Å²) >= 11 is 13.4. The molecule has 0 radical (unpaired) electrons. The van der Waals surface area contributed by atoms with E-state index in [1.165, 1.54) is 142 Å². The smallest absolute Gasteiger partial charge is 0.236 e. The van der Waals surface area contributed by atoms with Gasteiger partial charge in [-0.1, -0.05) is 231 Å². The number of aromatic nitrogens is 6. The van der Waals surface area contributed by atoms with E-state index in [-0.39, 0.29) is 5.28 Å². The van der Waals surface area contributed by atoms with Crippen LogP contribution in [-0.2, 0) is 0 Å². The zero-order valence-electron chi connectivity index (χ0n) is 50.3. The second-order valence-corrected chi connectivity index (χ2v) is 28.6. The molecule has 11 heteroatoms. The molecule has 0 amide bonds. The first kappa shape index (κ1) is 54.6. The van der Waals surface area contributed by atoms with Crippen LogP contribution in [0.15, 0.2) is 279 Å². The van der Waals surface area contributed by atoms with Crippen molar-refractivity contribution >= 4 is 225 Å². The Bertz CT molecular complexity index is 6970. The summed E-state index contributed by atoms with van der Waals surface area (Å²) in [6.07, 6.45) is 0. The van der Waals surface area contributed by atoms with Crippen molar-refractivity contribution in [2.24, 2.45) is 0 Å². The third kappa shape index (κ3) is 8.52. The van der Waals surface area contributed by atoms with Crippen LogP contribution in [0.5, 0.6) is 0 Å². The van der Waals surface area contributed by atoms with Crippen molar-refractivity contribution in [1.29, 1.82) is 0 Å². The standard InChI is InChI=1S/C42H23N3S2.C22H13NS.C20H11ClN2S/c1-2-12-25-23-26(22-21-24(25)11-1)38-36-30-16-6-10-20-34(30)47-41(36)44-42(43-38)45-32-18-8-5-15-29(32)35-27-13-3-4-14-28(27)40-37(39(35)45)31-17-7-9-19-33(31)46-40;1-2-8-14-13(7-1)19-15-9-3-5-11-17(15)23-21(19)20-16-10-4-6-12-18(16)24-22(14)20;21-20-22-18(14-10-9-12-5-1-2-6-13(12)11-14)17-15-7-3-4-8-16(15)24-19(17)23-20/h1-23H;1-12,23H;1-11H. The Balaban J connectivity index is 0.000000108. The Hall–Kier alpha value is -11.0. The topological polar surface area (TPSA) is 72.3 Å². The fourth-order valence-electron chi connectivity index (χ4n) is 14.7. The number of aromatic amines is 1. The van der Waals surface area contributed by atoms with Gasteiger partial charge >= 0.3 is 0 Å². The van der Waals surface area contributed by atoms with Crippen LogP contribution in [0.1, 0.15) is 0 Å². The number of para-hydroxylation sites is 2. The molecule has 0 aliphatic rings. The van der Waals surface area contributed by atoms with Crippen LogP contribution < -0.4 is 0 Å². The molecule has 0 bridgehead atoms. The molecule has 22 aromatic rings. The van der Waals surface area contributed by atoms with Crippen LogP contribution in [0, 0.1) is 0 Å². The molecule has 14 aromatic carbocycles. The zero-order valence-corrected chi connectivity index (χ0v) is 54.3. The number of rotatable bonds is 3. The van der Waals surface area contributed by atoms with E-state index in [1.807, 2.05) is 40.9 Å². The molecule has 8 aromatic heterocycles. The lowest BCUT2D eigenvalue weighted by molar-refractivity contribution is 1.02. The van der Waals surface area contributed by atoms with Crippen molar-refractivity contribution in [3.05, 3.63) is 284 Å². The number of halogens is 1. The molecule has 0 aliphatic heterocycles. The van der Waals surface area contributed by atoms with Crippen molar-refractivity contribution in [3.8, 4) is 28.5 Å². The van der Waals surface area contributed by atoms with Crippen LogP contribution in [0.2, 0.25) is 5.28 Å². The Morgan fingerprint density at radius 3 is 1.32 bits per heavy atom. The first-order chi connectivity index (χ1) is 47.0. The van der Waals surface area contributed by atoms with E-state index in [1.54, 1.807) is 22.7 Å². The highest BCUT2D eigenvalue weighted by Gasteiger charge is 2.26. The number of thiophene rings is 4. The maximum atomic E-state index is 6.20. The minimum atomic E-state index is 0.289. The molecular formula is C84H47ClN6S4. The molecule has 444 valence electrons. The number of benzene rings is 14. The molecular weight excluding hydrogens is 1260 g/mol. The van der Waals surface area contributed by atoms with E-state index in [4.69, 9.17) is 21.6 Å². The summed E-state index contributed by atoms with van der Waals surface area (Å²) in [5, 5.41) is 25.3. The lowest BCUT2D eigenvalue weighted by Crippen LogP contribution is -2.03. The lowest BCUT2D eigenvalue weighted by Gasteiger charge is -2.12. The van der Waals surface area contributed by atoms with Crippen LogP contribution >= 0.6 is 56.9 Å². The highest BCUT2D eigenvalue weighted by atomic mass is 35.5.